The molecular weight excluding hydrogens is 124 g/mol. The number of rotatable bonds is 0. The number of hydrogen-bond acceptors (Lipinski definition) is 1. The van der Waals surface area contributed by atoms with Crippen molar-refractivity contribution in [2.75, 3.05) is 0 Å². The van der Waals surface area contributed by atoms with Gasteiger partial charge in [0.25, 0.3) is 0 Å². The lowest BCUT2D eigenvalue weighted by Gasteiger charge is -2.23. The maximum absolute atomic E-state index is 5.77. The Balaban J connectivity index is 1.97. The Morgan fingerprint density at radius 3 is 2.80 bits per heavy atom. The molecule has 2 aliphatic rings. The van der Waals surface area contributed by atoms with Gasteiger partial charge in [0.15, 0.2) is 0 Å². The van der Waals surface area contributed by atoms with E-state index in [2.05, 4.69) is 6.92 Å². The highest BCUT2D eigenvalue weighted by molar-refractivity contribution is 4.83. The quantitative estimate of drug-likeness (QED) is 0.502. The Bertz CT molecular complexity index is 108. The highest BCUT2D eigenvalue weighted by Crippen LogP contribution is 2.36. The fraction of sp³-hybridized carbons (Fsp3) is 1.00. The molecule has 1 heteroatoms. The van der Waals surface area contributed by atoms with Gasteiger partial charge in [-0.2, -0.15) is 0 Å². The zero-order valence-electron chi connectivity index (χ0n) is 6.68. The van der Waals surface area contributed by atoms with Crippen LogP contribution in [0, 0.1) is 5.92 Å². The minimum Gasteiger partial charge on any atom is -0.375 e. The van der Waals surface area contributed by atoms with Gasteiger partial charge >= 0.3 is 0 Å². The zero-order valence-corrected chi connectivity index (χ0v) is 6.68. The molecule has 0 aromatic heterocycles. The minimum atomic E-state index is 0.549. The van der Waals surface area contributed by atoms with Gasteiger partial charge in [0.1, 0.15) is 0 Å². The molecule has 1 aliphatic heterocycles. The van der Waals surface area contributed by atoms with Gasteiger partial charge < -0.3 is 4.74 Å². The van der Waals surface area contributed by atoms with E-state index in [4.69, 9.17) is 4.74 Å². The number of fused-ring (bicyclic) bond motifs is 1. The minimum absolute atomic E-state index is 0.549. The van der Waals surface area contributed by atoms with Crippen LogP contribution in [0.25, 0.3) is 0 Å². The van der Waals surface area contributed by atoms with Crippen LogP contribution in [0.15, 0.2) is 0 Å². The van der Waals surface area contributed by atoms with Crippen LogP contribution in [0.2, 0.25) is 0 Å². The summed E-state index contributed by atoms with van der Waals surface area (Å²) in [5.74, 6) is 0.920. The summed E-state index contributed by atoms with van der Waals surface area (Å²) in [6, 6.07) is 0. The van der Waals surface area contributed by atoms with Crippen LogP contribution in [-0.4, -0.2) is 12.2 Å². The van der Waals surface area contributed by atoms with E-state index in [0.717, 1.165) is 5.92 Å². The molecule has 0 spiro atoms. The summed E-state index contributed by atoms with van der Waals surface area (Å²) in [5, 5.41) is 0. The Kier molecular flexibility index (Phi) is 1.69. The first kappa shape index (κ1) is 6.66. The van der Waals surface area contributed by atoms with Gasteiger partial charge in [0.05, 0.1) is 12.2 Å². The van der Waals surface area contributed by atoms with Crippen LogP contribution < -0.4 is 0 Å². The van der Waals surface area contributed by atoms with Gasteiger partial charge in [0.2, 0.25) is 0 Å². The van der Waals surface area contributed by atoms with E-state index in [-0.39, 0.29) is 0 Å². The van der Waals surface area contributed by atoms with Crippen molar-refractivity contribution in [1.82, 2.24) is 0 Å². The normalized spacial score (nSPS) is 47.1. The lowest BCUT2D eigenvalue weighted by atomic mass is 9.86. The fourth-order valence-electron chi connectivity index (χ4n) is 2.40. The molecule has 1 aliphatic carbocycles. The molecule has 0 unspecified atom stereocenters. The molecule has 0 amide bonds. The first-order valence-electron chi connectivity index (χ1n) is 4.52. The number of ether oxygens (including phenoxy) is 1. The van der Waals surface area contributed by atoms with E-state index >= 15 is 0 Å². The highest BCUT2D eigenvalue weighted by Gasteiger charge is 2.34. The summed E-state index contributed by atoms with van der Waals surface area (Å²) >= 11 is 0. The first-order valence-corrected chi connectivity index (χ1v) is 4.52. The summed E-state index contributed by atoms with van der Waals surface area (Å²) in [6.45, 7) is 2.21. The van der Waals surface area contributed by atoms with Crippen molar-refractivity contribution in [2.24, 2.45) is 5.92 Å². The van der Waals surface area contributed by atoms with Crippen molar-refractivity contribution >= 4 is 0 Å². The van der Waals surface area contributed by atoms with Crippen molar-refractivity contribution < 1.29 is 4.74 Å². The summed E-state index contributed by atoms with van der Waals surface area (Å²) in [7, 11) is 0. The Morgan fingerprint density at radius 2 is 2.00 bits per heavy atom. The van der Waals surface area contributed by atoms with E-state index in [0.29, 0.717) is 12.2 Å². The molecule has 1 saturated heterocycles. The molecule has 0 radical (unpaired) electrons. The van der Waals surface area contributed by atoms with Gasteiger partial charge in [-0.1, -0.05) is 12.8 Å². The summed E-state index contributed by atoms with van der Waals surface area (Å²) in [5.41, 5.74) is 0. The zero-order chi connectivity index (χ0) is 6.97. The summed E-state index contributed by atoms with van der Waals surface area (Å²) in [6.07, 6.45) is 8.11. The molecule has 1 saturated carbocycles. The van der Waals surface area contributed by atoms with Crippen LogP contribution >= 0.6 is 0 Å². The molecule has 1 nitrogen and oxygen atoms in total. The third-order valence-electron chi connectivity index (χ3n) is 2.88. The lowest BCUT2D eigenvalue weighted by molar-refractivity contribution is 0.0272. The van der Waals surface area contributed by atoms with Crippen LogP contribution in [-0.2, 0) is 4.74 Å². The highest BCUT2D eigenvalue weighted by atomic mass is 16.5. The van der Waals surface area contributed by atoms with Crippen molar-refractivity contribution in [3.63, 3.8) is 0 Å². The Labute approximate surface area is 62.8 Å². The van der Waals surface area contributed by atoms with E-state index in [1.807, 2.05) is 0 Å². The van der Waals surface area contributed by atoms with Crippen molar-refractivity contribution in [3.05, 3.63) is 0 Å². The average Bonchev–Trinajstić information content (AvgIpc) is 2.27. The molecule has 58 valence electrons. The van der Waals surface area contributed by atoms with Gasteiger partial charge in [-0.15, -0.1) is 0 Å². The molecule has 0 bridgehead atoms. The largest absolute Gasteiger partial charge is 0.375 e. The van der Waals surface area contributed by atoms with Crippen LogP contribution in [0.5, 0.6) is 0 Å². The maximum Gasteiger partial charge on any atom is 0.0607 e. The van der Waals surface area contributed by atoms with E-state index < -0.39 is 0 Å². The molecule has 0 aromatic rings. The van der Waals surface area contributed by atoms with E-state index in [1.165, 1.54) is 32.1 Å². The topological polar surface area (TPSA) is 9.23 Å². The van der Waals surface area contributed by atoms with Crippen LogP contribution in [0.3, 0.4) is 0 Å². The van der Waals surface area contributed by atoms with Crippen LogP contribution in [0.4, 0.5) is 0 Å². The van der Waals surface area contributed by atoms with Gasteiger partial charge in [-0.05, 0) is 32.1 Å². The monoisotopic (exact) mass is 140 g/mol. The molecule has 0 N–H and O–H groups in total. The summed E-state index contributed by atoms with van der Waals surface area (Å²) in [4.78, 5) is 0. The van der Waals surface area contributed by atoms with Crippen molar-refractivity contribution in [1.29, 1.82) is 0 Å². The van der Waals surface area contributed by atoms with Crippen molar-refractivity contribution in [3.8, 4) is 0 Å². The smallest absolute Gasteiger partial charge is 0.0607 e. The molecular formula is C9H16O. The van der Waals surface area contributed by atoms with E-state index in [1.54, 1.807) is 0 Å². The maximum atomic E-state index is 5.77. The Morgan fingerprint density at radius 1 is 1.20 bits per heavy atom. The van der Waals surface area contributed by atoms with Gasteiger partial charge in [-0.25, -0.2) is 0 Å². The second-order valence-electron chi connectivity index (χ2n) is 3.77. The van der Waals surface area contributed by atoms with E-state index in [9.17, 15) is 0 Å². The average molecular weight is 140 g/mol. The third-order valence-corrected chi connectivity index (χ3v) is 2.88. The van der Waals surface area contributed by atoms with Crippen molar-refractivity contribution in [2.45, 2.75) is 51.2 Å². The SMILES string of the molecule is C[C@@H]1C[C@@H]2CCCC[C@@H]2O1. The lowest BCUT2D eigenvalue weighted by Crippen LogP contribution is -2.19. The number of hydrogen-bond donors (Lipinski definition) is 0. The third kappa shape index (κ3) is 1.07. The molecule has 10 heavy (non-hydrogen) atoms. The molecule has 2 rings (SSSR count). The predicted octanol–water partition coefficient (Wildman–Crippen LogP) is 2.35. The van der Waals surface area contributed by atoms with Gasteiger partial charge in [-0.3, -0.25) is 0 Å². The molecule has 3 atom stereocenters. The molecule has 0 aromatic carbocycles. The Hall–Kier alpha value is -0.0400. The summed E-state index contributed by atoms with van der Waals surface area (Å²) < 4.78 is 5.77. The first-order chi connectivity index (χ1) is 4.86. The standard InChI is InChI=1S/C9H16O/c1-7-6-8-4-2-3-5-9(8)10-7/h7-9H,2-6H2,1H3/t7-,8+,9+/m1/s1. The van der Waals surface area contributed by atoms with Gasteiger partial charge in [0, 0.05) is 0 Å². The molecule has 2 fully saturated rings. The second kappa shape index (κ2) is 2.54. The van der Waals surface area contributed by atoms with Crippen LogP contribution in [0.1, 0.15) is 39.0 Å². The second-order valence-corrected chi connectivity index (χ2v) is 3.77. The molecule has 1 heterocycles. The fourth-order valence-corrected chi connectivity index (χ4v) is 2.40. The predicted molar refractivity (Wildman–Crippen MR) is 40.9 cm³/mol.